The number of piperazine rings is 1. The summed E-state index contributed by atoms with van der Waals surface area (Å²) in [7, 11) is 1.65. The number of carbonyl (C=O) groups excluding carboxylic acids is 1. The van der Waals surface area contributed by atoms with Gasteiger partial charge >= 0.3 is 0 Å². The third-order valence-electron chi connectivity index (χ3n) is 4.23. The molecule has 0 radical (unpaired) electrons. The molecule has 1 aromatic carbocycles. The van der Waals surface area contributed by atoms with Gasteiger partial charge in [-0.15, -0.1) is 0 Å². The molecule has 6 nitrogen and oxygen atoms in total. The second-order valence-electron chi connectivity index (χ2n) is 6.45. The van der Waals surface area contributed by atoms with E-state index in [0.29, 0.717) is 24.2 Å². The summed E-state index contributed by atoms with van der Waals surface area (Å²) in [6, 6.07) is 8.48. The Morgan fingerprint density at radius 3 is 2.54 bits per heavy atom. The van der Waals surface area contributed by atoms with Crippen LogP contribution in [0.15, 0.2) is 36.7 Å². The number of nitrogens with one attached hydrogen (secondary N) is 1. The maximum atomic E-state index is 12.7. The molecule has 0 saturated carbocycles. The van der Waals surface area contributed by atoms with E-state index in [0.717, 1.165) is 24.4 Å². The molecule has 6 heteroatoms. The Labute approximate surface area is 142 Å². The van der Waals surface area contributed by atoms with Gasteiger partial charge in [-0.25, -0.2) is 0 Å². The molecule has 2 heterocycles. The van der Waals surface area contributed by atoms with Gasteiger partial charge in [0.15, 0.2) is 0 Å². The monoisotopic (exact) mass is 328 g/mol. The fourth-order valence-corrected chi connectivity index (χ4v) is 3.15. The minimum Gasteiger partial charge on any atom is -0.497 e. The summed E-state index contributed by atoms with van der Waals surface area (Å²) in [5.41, 5.74) is 1.76. The fourth-order valence-electron chi connectivity index (χ4n) is 3.15. The molecule has 0 unspecified atom stereocenters. The van der Waals surface area contributed by atoms with E-state index in [4.69, 9.17) is 4.74 Å². The summed E-state index contributed by atoms with van der Waals surface area (Å²) in [4.78, 5) is 14.6. The van der Waals surface area contributed by atoms with Crippen LogP contribution in [0, 0.1) is 0 Å². The van der Waals surface area contributed by atoms with Crippen molar-refractivity contribution in [3.63, 3.8) is 0 Å². The van der Waals surface area contributed by atoms with Gasteiger partial charge in [0.25, 0.3) is 5.91 Å². The number of methoxy groups -OCH3 is 1. The number of amides is 1. The Morgan fingerprint density at radius 1 is 1.25 bits per heavy atom. The van der Waals surface area contributed by atoms with Crippen molar-refractivity contribution in [2.45, 2.75) is 32.5 Å². The van der Waals surface area contributed by atoms with Crippen molar-refractivity contribution in [3.8, 4) is 5.75 Å². The zero-order chi connectivity index (χ0) is 17.1. The van der Waals surface area contributed by atoms with Gasteiger partial charge < -0.3 is 15.0 Å². The summed E-state index contributed by atoms with van der Waals surface area (Å²) < 4.78 is 6.96. The SMILES string of the molecule is COc1ccc(Cn2cc(C(=O)N3C[C@@H](C)N[C@@H](C)C3)cn2)cc1. The number of hydrogen-bond donors (Lipinski definition) is 1. The number of hydrogen-bond acceptors (Lipinski definition) is 4. The molecule has 1 amide bonds. The third kappa shape index (κ3) is 3.76. The van der Waals surface area contributed by atoms with Crippen molar-refractivity contribution in [1.82, 2.24) is 20.0 Å². The van der Waals surface area contributed by atoms with E-state index in [1.807, 2.05) is 35.4 Å². The molecule has 128 valence electrons. The van der Waals surface area contributed by atoms with Crippen LogP contribution in [0.25, 0.3) is 0 Å². The average molecular weight is 328 g/mol. The van der Waals surface area contributed by atoms with E-state index in [9.17, 15) is 4.79 Å². The fraction of sp³-hybridized carbons (Fsp3) is 0.444. The van der Waals surface area contributed by atoms with Crippen molar-refractivity contribution >= 4 is 5.91 Å². The quantitative estimate of drug-likeness (QED) is 0.929. The lowest BCUT2D eigenvalue weighted by Gasteiger charge is -2.35. The standard InChI is InChI=1S/C18H24N4O2/c1-13-9-21(10-14(2)20-13)18(23)16-8-19-22(12-16)11-15-4-6-17(24-3)7-5-15/h4-8,12-14,20H,9-11H2,1-3H3/t13-,14+. The number of aromatic nitrogens is 2. The molecule has 0 spiro atoms. The summed E-state index contributed by atoms with van der Waals surface area (Å²) in [5.74, 6) is 0.883. The van der Waals surface area contributed by atoms with Gasteiger partial charge in [-0.3, -0.25) is 9.48 Å². The summed E-state index contributed by atoms with van der Waals surface area (Å²) in [6.07, 6.45) is 3.48. The molecule has 1 aromatic heterocycles. The first kappa shape index (κ1) is 16.5. The average Bonchev–Trinajstić information content (AvgIpc) is 3.02. The summed E-state index contributed by atoms with van der Waals surface area (Å²) in [5, 5.41) is 7.77. The normalized spacial score (nSPS) is 20.9. The minimum atomic E-state index is 0.0520. The van der Waals surface area contributed by atoms with Crippen LogP contribution in [0.3, 0.4) is 0 Å². The van der Waals surface area contributed by atoms with E-state index in [1.165, 1.54) is 0 Å². The molecule has 0 aliphatic carbocycles. The number of carbonyl (C=O) groups is 1. The highest BCUT2D eigenvalue weighted by molar-refractivity contribution is 5.93. The molecule has 24 heavy (non-hydrogen) atoms. The molecule has 1 aliphatic rings. The van der Waals surface area contributed by atoms with Gasteiger partial charge in [-0.05, 0) is 31.5 Å². The Hall–Kier alpha value is -2.34. The number of rotatable bonds is 4. The number of benzene rings is 1. The van der Waals surface area contributed by atoms with E-state index in [2.05, 4.69) is 24.3 Å². The van der Waals surface area contributed by atoms with Gasteiger partial charge in [0.1, 0.15) is 5.75 Å². The number of nitrogens with zero attached hydrogens (tertiary/aromatic N) is 3. The largest absolute Gasteiger partial charge is 0.497 e. The lowest BCUT2D eigenvalue weighted by Crippen LogP contribution is -2.55. The summed E-state index contributed by atoms with van der Waals surface area (Å²) in [6.45, 7) is 6.29. The molecular weight excluding hydrogens is 304 g/mol. The van der Waals surface area contributed by atoms with Gasteiger partial charge in [0, 0.05) is 31.4 Å². The van der Waals surface area contributed by atoms with E-state index < -0.39 is 0 Å². The first-order chi connectivity index (χ1) is 11.5. The van der Waals surface area contributed by atoms with Crippen LogP contribution < -0.4 is 10.1 Å². The van der Waals surface area contributed by atoms with Gasteiger partial charge in [-0.1, -0.05) is 12.1 Å². The van der Waals surface area contributed by atoms with E-state index >= 15 is 0 Å². The highest BCUT2D eigenvalue weighted by atomic mass is 16.5. The topological polar surface area (TPSA) is 59.4 Å². The van der Waals surface area contributed by atoms with Crippen molar-refractivity contribution < 1.29 is 9.53 Å². The van der Waals surface area contributed by atoms with E-state index in [-0.39, 0.29) is 5.91 Å². The third-order valence-corrected chi connectivity index (χ3v) is 4.23. The first-order valence-corrected chi connectivity index (χ1v) is 8.26. The van der Waals surface area contributed by atoms with Crippen LogP contribution in [-0.4, -0.2) is 52.9 Å². The Kier molecular flexibility index (Phi) is 4.85. The Bertz CT molecular complexity index is 685. The summed E-state index contributed by atoms with van der Waals surface area (Å²) >= 11 is 0. The predicted octanol–water partition coefficient (Wildman–Crippen LogP) is 1.76. The first-order valence-electron chi connectivity index (χ1n) is 8.26. The predicted molar refractivity (Wildman–Crippen MR) is 92.3 cm³/mol. The Balaban J connectivity index is 1.67. The molecule has 0 bridgehead atoms. The second kappa shape index (κ2) is 7.05. The molecule has 2 atom stereocenters. The minimum absolute atomic E-state index is 0.0520. The van der Waals surface area contributed by atoms with Crippen LogP contribution in [-0.2, 0) is 6.54 Å². The molecule has 3 rings (SSSR count). The zero-order valence-corrected chi connectivity index (χ0v) is 14.4. The van der Waals surface area contributed by atoms with Crippen LogP contribution in [0.5, 0.6) is 5.75 Å². The second-order valence-corrected chi connectivity index (χ2v) is 6.45. The van der Waals surface area contributed by atoms with Gasteiger partial charge in [-0.2, -0.15) is 5.10 Å². The number of ether oxygens (including phenoxy) is 1. The van der Waals surface area contributed by atoms with Crippen LogP contribution >= 0.6 is 0 Å². The van der Waals surface area contributed by atoms with Gasteiger partial charge in [0.05, 0.1) is 25.4 Å². The van der Waals surface area contributed by atoms with Crippen molar-refractivity contribution in [1.29, 1.82) is 0 Å². The van der Waals surface area contributed by atoms with Crippen LogP contribution in [0.1, 0.15) is 29.8 Å². The molecule has 1 fully saturated rings. The molecule has 1 aliphatic heterocycles. The van der Waals surface area contributed by atoms with Crippen LogP contribution in [0.2, 0.25) is 0 Å². The molecule has 2 aromatic rings. The van der Waals surface area contributed by atoms with Crippen molar-refractivity contribution in [2.24, 2.45) is 0 Å². The maximum Gasteiger partial charge on any atom is 0.257 e. The highest BCUT2D eigenvalue weighted by Crippen LogP contribution is 2.14. The zero-order valence-electron chi connectivity index (χ0n) is 14.4. The molecular formula is C18H24N4O2. The highest BCUT2D eigenvalue weighted by Gasteiger charge is 2.26. The van der Waals surface area contributed by atoms with Crippen molar-refractivity contribution in [2.75, 3.05) is 20.2 Å². The maximum absolute atomic E-state index is 12.7. The molecule has 1 N–H and O–H groups in total. The smallest absolute Gasteiger partial charge is 0.257 e. The molecule has 1 saturated heterocycles. The Morgan fingerprint density at radius 2 is 1.92 bits per heavy atom. The van der Waals surface area contributed by atoms with E-state index in [1.54, 1.807) is 18.0 Å². The lowest BCUT2D eigenvalue weighted by molar-refractivity contribution is 0.0673. The van der Waals surface area contributed by atoms with Crippen LogP contribution in [0.4, 0.5) is 0 Å². The van der Waals surface area contributed by atoms with Gasteiger partial charge in [0.2, 0.25) is 0 Å². The van der Waals surface area contributed by atoms with Crippen molar-refractivity contribution in [3.05, 3.63) is 47.8 Å². The lowest BCUT2D eigenvalue weighted by atomic mass is 10.1.